The first-order valence-electron chi connectivity index (χ1n) is 4.62. The predicted octanol–water partition coefficient (Wildman–Crippen LogP) is 0.442. The minimum atomic E-state index is 1.00. The van der Waals surface area contributed by atoms with Crippen LogP contribution in [0.15, 0.2) is 12.4 Å². The minimum absolute atomic E-state index is 1.00. The van der Waals surface area contributed by atoms with E-state index in [0.717, 1.165) is 19.6 Å². The molecule has 0 fully saturated rings. The lowest BCUT2D eigenvalue weighted by Crippen LogP contribution is -2.39. The van der Waals surface area contributed by atoms with Gasteiger partial charge >= 0.3 is 0 Å². The Labute approximate surface area is 74.0 Å². The molecule has 12 heavy (non-hydrogen) atoms. The van der Waals surface area contributed by atoms with E-state index >= 15 is 0 Å². The van der Waals surface area contributed by atoms with Gasteiger partial charge in [0, 0.05) is 6.54 Å². The minimum Gasteiger partial charge on any atom is -0.302 e. The molecule has 0 unspecified atom stereocenters. The van der Waals surface area contributed by atoms with Crippen molar-refractivity contribution in [3.63, 3.8) is 0 Å². The number of nitrogens with zero attached hydrogens (tertiary/aromatic N) is 2. The summed E-state index contributed by atoms with van der Waals surface area (Å²) in [4.78, 5) is 0. The Morgan fingerprint density at radius 1 is 1.50 bits per heavy atom. The summed E-state index contributed by atoms with van der Waals surface area (Å²) in [6, 6.07) is 0. The molecule has 1 aromatic rings. The average Bonchev–Trinajstić information content (AvgIpc) is 2.53. The molecule has 0 saturated heterocycles. The quantitative estimate of drug-likeness (QED) is 0.558. The molecule has 3 nitrogen and oxygen atoms in total. The molecule has 0 bridgehead atoms. The number of aromatic nitrogens is 2. The number of imidazole rings is 1. The second-order valence-corrected chi connectivity index (χ2v) is 2.70. The zero-order chi connectivity index (χ0) is 8.97. The molecule has 1 aliphatic rings. The van der Waals surface area contributed by atoms with Gasteiger partial charge in [0.25, 0.3) is 5.82 Å². The van der Waals surface area contributed by atoms with Gasteiger partial charge in [0.2, 0.25) is 0 Å². The molecule has 0 aromatic carbocycles. The van der Waals surface area contributed by atoms with E-state index < -0.39 is 0 Å². The van der Waals surface area contributed by atoms with Gasteiger partial charge in [0.05, 0.1) is 13.6 Å². The SMILES string of the molecule is CC.C[n+]1ccn2c1CNCC2. The van der Waals surface area contributed by atoms with E-state index in [2.05, 4.69) is 33.9 Å². The van der Waals surface area contributed by atoms with Crippen molar-refractivity contribution in [2.45, 2.75) is 26.9 Å². The van der Waals surface area contributed by atoms with Crippen LogP contribution in [0.4, 0.5) is 0 Å². The van der Waals surface area contributed by atoms with Gasteiger partial charge in [-0.2, -0.15) is 0 Å². The Hall–Kier alpha value is -0.830. The van der Waals surface area contributed by atoms with Gasteiger partial charge in [-0.05, 0) is 0 Å². The van der Waals surface area contributed by atoms with Gasteiger partial charge in [0.1, 0.15) is 18.9 Å². The lowest BCUT2D eigenvalue weighted by Gasteiger charge is -2.09. The highest BCUT2D eigenvalue weighted by molar-refractivity contribution is 4.86. The molecule has 0 saturated carbocycles. The molecule has 2 rings (SSSR count). The van der Waals surface area contributed by atoms with Crippen molar-refractivity contribution < 1.29 is 4.57 Å². The van der Waals surface area contributed by atoms with Gasteiger partial charge in [-0.3, -0.25) is 0 Å². The Morgan fingerprint density at radius 2 is 2.25 bits per heavy atom. The molecule has 68 valence electrons. The highest BCUT2D eigenvalue weighted by atomic mass is 15.2. The number of nitrogens with one attached hydrogen (secondary N) is 1. The van der Waals surface area contributed by atoms with Crippen LogP contribution in [0, 0.1) is 0 Å². The van der Waals surface area contributed by atoms with Crippen LogP contribution in [0.25, 0.3) is 0 Å². The van der Waals surface area contributed by atoms with Crippen molar-refractivity contribution in [2.24, 2.45) is 7.05 Å². The van der Waals surface area contributed by atoms with E-state index in [1.165, 1.54) is 5.82 Å². The summed E-state index contributed by atoms with van der Waals surface area (Å²) in [5.74, 6) is 1.37. The van der Waals surface area contributed by atoms with Crippen molar-refractivity contribution in [2.75, 3.05) is 6.54 Å². The molecule has 1 N–H and O–H groups in total. The molecule has 3 heteroatoms. The Kier molecular flexibility index (Phi) is 3.29. The average molecular weight is 168 g/mol. The maximum atomic E-state index is 3.33. The van der Waals surface area contributed by atoms with Crippen molar-refractivity contribution in [1.29, 1.82) is 0 Å². The lowest BCUT2D eigenvalue weighted by atomic mass is 10.4. The number of fused-ring (bicyclic) bond motifs is 1. The van der Waals surface area contributed by atoms with Crippen molar-refractivity contribution in [3.8, 4) is 0 Å². The third kappa shape index (κ3) is 1.67. The topological polar surface area (TPSA) is 20.8 Å². The van der Waals surface area contributed by atoms with E-state index in [1.54, 1.807) is 0 Å². The van der Waals surface area contributed by atoms with Crippen LogP contribution in [-0.4, -0.2) is 11.1 Å². The highest BCUT2D eigenvalue weighted by Gasteiger charge is 2.16. The van der Waals surface area contributed by atoms with Crippen LogP contribution >= 0.6 is 0 Å². The fraction of sp³-hybridized carbons (Fsp3) is 0.667. The lowest BCUT2D eigenvalue weighted by molar-refractivity contribution is -0.679. The summed E-state index contributed by atoms with van der Waals surface area (Å²) in [6.45, 7) is 7.21. The molecular weight excluding hydrogens is 150 g/mol. The summed E-state index contributed by atoms with van der Waals surface area (Å²) in [7, 11) is 2.08. The van der Waals surface area contributed by atoms with Crippen LogP contribution in [-0.2, 0) is 20.1 Å². The van der Waals surface area contributed by atoms with E-state index in [4.69, 9.17) is 0 Å². The molecule has 0 spiro atoms. The van der Waals surface area contributed by atoms with Crippen LogP contribution in [0.3, 0.4) is 0 Å². The molecule has 1 aliphatic heterocycles. The fourth-order valence-corrected chi connectivity index (χ4v) is 1.38. The van der Waals surface area contributed by atoms with Gasteiger partial charge in [-0.1, -0.05) is 13.8 Å². The van der Waals surface area contributed by atoms with E-state index in [-0.39, 0.29) is 0 Å². The fourth-order valence-electron chi connectivity index (χ4n) is 1.38. The van der Waals surface area contributed by atoms with Crippen LogP contribution < -0.4 is 9.88 Å². The number of hydrogen-bond donors (Lipinski definition) is 1. The van der Waals surface area contributed by atoms with Crippen molar-refractivity contribution in [3.05, 3.63) is 18.2 Å². The van der Waals surface area contributed by atoms with Crippen molar-refractivity contribution >= 4 is 0 Å². The third-order valence-corrected chi connectivity index (χ3v) is 2.02. The summed E-state index contributed by atoms with van der Waals surface area (Å²) in [6.07, 6.45) is 4.23. The van der Waals surface area contributed by atoms with E-state index in [1.807, 2.05) is 13.8 Å². The number of aryl methyl sites for hydroxylation is 1. The Balaban J connectivity index is 0.000000336. The molecular formula is C9H18N3+. The first kappa shape index (κ1) is 9.26. The van der Waals surface area contributed by atoms with Gasteiger partial charge < -0.3 is 5.32 Å². The molecule has 2 heterocycles. The number of rotatable bonds is 0. The first-order chi connectivity index (χ1) is 5.88. The second kappa shape index (κ2) is 4.26. The normalized spacial score (nSPS) is 14.6. The molecule has 0 aliphatic carbocycles. The monoisotopic (exact) mass is 168 g/mol. The molecule has 0 atom stereocenters. The van der Waals surface area contributed by atoms with Gasteiger partial charge in [-0.15, -0.1) is 0 Å². The summed E-state index contributed by atoms with van der Waals surface area (Å²) in [5, 5.41) is 3.33. The predicted molar refractivity (Wildman–Crippen MR) is 48.7 cm³/mol. The maximum Gasteiger partial charge on any atom is 0.270 e. The third-order valence-electron chi connectivity index (χ3n) is 2.02. The smallest absolute Gasteiger partial charge is 0.270 e. The molecule has 0 radical (unpaired) electrons. The van der Waals surface area contributed by atoms with Gasteiger partial charge in [0.15, 0.2) is 0 Å². The summed E-state index contributed by atoms with van der Waals surface area (Å²) >= 11 is 0. The van der Waals surface area contributed by atoms with Crippen molar-refractivity contribution in [1.82, 2.24) is 9.88 Å². The molecule has 0 amide bonds. The van der Waals surface area contributed by atoms with Gasteiger partial charge in [-0.25, -0.2) is 9.13 Å². The summed E-state index contributed by atoms with van der Waals surface area (Å²) in [5.41, 5.74) is 0. The van der Waals surface area contributed by atoms with E-state index in [9.17, 15) is 0 Å². The van der Waals surface area contributed by atoms with Crippen LogP contribution in [0.1, 0.15) is 19.7 Å². The highest BCUT2D eigenvalue weighted by Crippen LogP contribution is 1.97. The second-order valence-electron chi connectivity index (χ2n) is 2.70. The Bertz CT molecular complexity index is 240. The standard InChI is InChI=1S/C7H12N3.C2H6/c1-9-4-5-10-3-2-8-6-7(9)10;1-2/h4-5,8H,2-3,6H2,1H3;1-2H3/q+1;. The number of hydrogen-bond acceptors (Lipinski definition) is 1. The summed E-state index contributed by atoms with van der Waals surface area (Å²) < 4.78 is 4.45. The zero-order valence-corrected chi connectivity index (χ0v) is 8.17. The molecule has 1 aromatic heterocycles. The zero-order valence-electron chi connectivity index (χ0n) is 8.17. The van der Waals surface area contributed by atoms with Crippen LogP contribution in [0.2, 0.25) is 0 Å². The van der Waals surface area contributed by atoms with Crippen LogP contribution in [0.5, 0.6) is 0 Å². The largest absolute Gasteiger partial charge is 0.302 e. The van der Waals surface area contributed by atoms with E-state index in [0.29, 0.717) is 0 Å². The Morgan fingerprint density at radius 3 is 2.92 bits per heavy atom. The maximum absolute atomic E-state index is 3.33. The first-order valence-corrected chi connectivity index (χ1v) is 4.62.